The van der Waals surface area contributed by atoms with Crippen LogP contribution in [0.1, 0.15) is 5.56 Å². The van der Waals surface area contributed by atoms with Gasteiger partial charge in [-0.25, -0.2) is 4.39 Å². The second-order valence-electron chi connectivity index (χ2n) is 4.70. The Labute approximate surface area is 130 Å². The van der Waals surface area contributed by atoms with Crippen molar-refractivity contribution >= 4 is 34.9 Å². The lowest BCUT2D eigenvalue weighted by Gasteiger charge is -2.08. The van der Waals surface area contributed by atoms with Gasteiger partial charge in [0.15, 0.2) is 16.3 Å². The summed E-state index contributed by atoms with van der Waals surface area (Å²) < 4.78 is 21.1. The maximum atomic E-state index is 13.8. The molecule has 0 atom stereocenters. The zero-order chi connectivity index (χ0) is 15.1. The molecule has 0 aliphatic heterocycles. The molecule has 0 aliphatic rings. The number of ether oxygens (including phenoxy) is 1. The van der Waals surface area contributed by atoms with E-state index in [1.165, 1.54) is 13.2 Å². The van der Waals surface area contributed by atoms with Gasteiger partial charge in [-0.1, -0.05) is 17.7 Å². The Morgan fingerprint density at radius 2 is 2.05 bits per heavy atom. The van der Waals surface area contributed by atoms with Crippen molar-refractivity contribution in [2.75, 3.05) is 7.11 Å². The van der Waals surface area contributed by atoms with Crippen LogP contribution in [0, 0.1) is 17.5 Å². The predicted octanol–water partition coefficient (Wildman–Crippen LogP) is 4.80. The molecule has 21 heavy (non-hydrogen) atoms. The molecule has 0 radical (unpaired) electrons. The summed E-state index contributed by atoms with van der Waals surface area (Å²) in [6.45, 7) is 1.93. The van der Waals surface area contributed by atoms with Crippen LogP contribution < -0.4 is 4.74 Å². The fourth-order valence-corrected chi connectivity index (χ4v) is 2.73. The molecule has 108 valence electrons. The number of nitrogens with zero attached hydrogens (tertiary/aromatic N) is 1. The molecular formula is C15H12ClFN2OS. The van der Waals surface area contributed by atoms with Crippen LogP contribution in [-0.4, -0.2) is 16.7 Å². The quantitative estimate of drug-likeness (QED) is 0.687. The van der Waals surface area contributed by atoms with Crippen LogP contribution in [0.2, 0.25) is 5.02 Å². The fourth-order valence-electron chi connectivity index (χ4n) is 2.24. The number of nitrogens with one attached hydrogen (secondary N) is 1. The highest BCUT2D eigenvalue weighted by Gasteiger charge is 2.12. The molecule has 3 rings (SSSR count). The maximum absolute atomic E-state index is 13.8. The van der Waals surface area contributed by atoms with Gasteiger partial charge in [0, 0.05) is 22.8 Å². The maximum Gasteiger partial charge on any atom is 0.182 e. The first-order valence-electron chi connectivity index (χ1n) is 6.26. The van der Waals surface area contributed by atoms with E-state index in [9.17, 15) is 4.39 Å². The van der Waals surface area contributed by atoms with Crippen molar-refractivity contribution in [1.82, 2.24) is 9.55 Å². The standard InChI is InChI=1S/C15H12ClFN2OS/c1-8-3-4-9(5-10(8)16)19-13-7-14(20-2)11(17)6-12(13)18-15(19)21/h3-7H,1-2H3,(H,18,21). The first-order chi connectivity index (χ1) is 10.0. The minimum Gasteiger partial charge on any atom is -0.494 e. The molecule has 1 aromatic heterocycles. The highest BCUT2D eigenvalue weighted by molar-refractivity contribution is 7.71. The second kappa shape index (κ2) is 5.16. The van der Waals surface area contributed by atoms with E-state index in [0.717, 1.165) is 16.8 Å². The van der Waals surface area contributed by atoms with E-state index in [-0.39, 0.29) is 5.75 Å². The van der Waals surface area contributed by atoms with Gasteiger partial charge >= 0.3 is 0 Å². The van der Waals surface area contributed by atoms with Gasteiger partial charge in [-0.05, 0) is 36.8 Å². The van der Waals surface area contributed by atoms with E-state index in [1.54, 1.807) is 10.6 Å². The van der Waals surface area contributed by atoms with Gasteiger partial charge in [-0.15, -0.1) is 0 Å². The fraction of sp³-hybridized carbons (Fsp3) is 0.133. The van der Waals surface area contributed by atoms with E-state index in [1.807, 2.05) is 25.1 Å². The summed E-state index contributed by atoms with van der Waals surface area (Å²) >= 11 is 11.5. The van der Waals surface area contributed by atoms with Crippen molar-refractivity contribution in [3.8, 4) is 11.4 Å². The summed E-state index contributed by atoms with van der Waals surface area (Å²) in [6, 6.07) is 8.65. The predicted molar refractivity (Wildman–Crippen MR) is 84.7 cm³/mol. The summed E-state index contributed by atoms with van der Waals surface area (Å²) in [5.41, 5.74) is 3.14. The average Bonchev–Trinajstić information content (AvgIpc) is 2.76. The molecule has 0 saturated carbocycles. The number of methoxy groups -OCH3 is 1. The summed E-state index contributed by atoms with van der Waals surface area (Å²) in [4.78, 5) is 2.99. The third-order valence-corrected chi connectivity index (χ3v) is 4.06. The normalized spacial score (nSPS) is 11.0. The summed E-state index contributed by atoms with van der Waals surface area (Å²) in [6.07, 6.45) is 0. The molecule has 0 saturated heterocycles. The van der Waals surface area contributed by atoms with Gasteiger partial charge in [0.1, 0.15) is 0 Å². The number of halogens is 2. The number of H-pyrrole nitrogens is 1. The monoisotopic (exact) mass is 322 g/mol. The minimum absolute atomic E-state index is 0.170. The smallest absolute Gasteiger partial charge is 0.182 e. The van der Waals surface area contributed by atoms with Crippen LogP contribution in [-0.2, 0) is 0 Å². The molecule has 0 fully saturated rings. The van der Waals surface area contributed by atoms with E-state index < -0.39 is 5.82 Å². The van der Waals surface area contributed by atoms with Crippen LogP contribution in [0.15, 0.2) is 30.3 Å². The molecule has 2 aromatic carbocycles. The summed E-state index contributed by atoms with van der Waals surface area (Å²) in [5, 5.41) is 0.651. The highest BCUT2D eigenvalue weighted by atomic mass is 35.5. The number of hydrogen-bond donors (Lipinski definition) is 1. The zero-order valence-corrected chi connectivity index (χ0v) is 13.0. The first kappa shape index (κ1) is 14.1. The molecule has 6 heteroatoms. The first-order valence-corrected chi connectivity index (χ1v) is 7.04. The largest absolute Gasteiger partial charge is 0.494 e. The van der Waals surface area contributed by atoms with Crippen molar-refractivity contribution in [3.05, 3.63) is 51.5 Å². The molecule has 3 nitrogen and oxygen atoms in total. The third-order valence-electron chi connectivity index (χ3n) is 3.37. The number of aryl methyl sites for hydroxylation is 1. The second-order valence-corrected chi connectivity index (χ2v) is 5.50. The molecule has 0 unspecified atom stereocenters. The van der Waals surface area contributed by atoms with Crippen LogP contribution >= 0.6 is 23.8 Å². The van der Waals surface area contributed by atoms with Crippen LogP contribution in [0.25, 0.3) is 16.7 Å². The van der Waals surface area contributed by atoms with E-state index in [0.29, 0.717) is 15.3 Å². The Bertz CT molecular complexity index is 901. The molecule has 3 aromatic rings. The van der Waals surface area contributed by atoms with Crippen LogP contribution in [0.3, 0.4) is 0 Å². The molecule has 1 N–H and O–H groups in total. The SMILES string of the molecule is COc1cc2c(cc1F)[nH]c(=S)n2-c1ccc(C)c(Cl)c1. The third kappa shape index (κ3) is 2.32. The molecule has 0 amide bonds. The highest BCUT2D eigenvalue weighted by Crippen LogP contribution is 2.28. The minimum atomic E-state index is -0.435. The van der Waals surface area contributed by atoms with Crippen molar-refractivity contribution in [2.45, 2.75) is 6.92 Å². The number of imidazole rings is 1. The molecule has 0 bridgehead atoms. The number of fused-ring (bicyclic) bond motifs is 1. The van der Waals surface area contributed by atoms with Crippen molar-refractivity contribution in [1.29, 1.82) is 0 Å². The van der Waals surface area contributed by atoms with Gasteiger partial charge in [-0.3, -0.25) is 4.57 Å². The number of hydrogen-bond acceptors (Lipinski definition) is 2. The zero-order valence-electron chi connectivity index (χ0n) is 11.4. The Morgan fingerprint density at radius 3 is 2.71 bits per heavy atom. The van der Waals surface area contributed by atoms with Crippen LogP contribution in [0.4, 0.5) is 4.39 Å². The number of aromatic nitrogens is 2. The molecule has 0 aliphatic carbocycles. The van der Waals surface area contributed by atoms with Gasteiger partial charge in [0.2, 0.25) is 0 Å². The lowest BCUT2D eigenvalue weighted by Crippen LogP contribution is -1.95. The van der Waals surface area contributed by atoms with E-state index in [2.05, 4.69) is 4.98 Å². The lowest BCUT2D eigenvalue weighted by molar-refractivity contribution is 0.387. The van der Waals surface area contributed by atoms with Gasteiger partial charge in [-0.2, -0.15) is 0 Å². The topological polar surface area (TPSA) is 29.9 Å². The number of aromatic amines is 1. The lowest BCUT2D eigenvalue weighted by atomic mass is 10.2. The Balaban J connectivity index is 2.33. The van der Waals surface area contributed by atoms with E-state index in [4.69, 9.17) is 28.6 Å². The number of benzene rings is 2. The average molecular weight is 323 g/mol. The van der Waals surface area contributed by atoms with Gasteiger partial charge in [0.25, 0.3) is 0 Å². The van der Waals surface area contributed by atoms with Crippen molar-refractivity contribution in [2.24, 2.45) is 0 Å². The Hall–Kier alpha value is -1.85. The van der Waals surface area contributed by atoms with Gasteiger partial charge < -0.3 is 9.72 Å². The Kier molecular flexibility index (Phi) is 3.47. The van der Waals surface area contributed by atoms with Crippen molar-refractivity contribution in [3.63, 3.8) is 0 Å². The Morgan fingerprint density at radius 1 is 1.29 bits per heavy atom. The summed E-state index contributed by atoms with van der Waals surface area (Å²) in [7, 11) is 1.43. The van der Waals surface area contributed by atoms with Crippen molar-refractivity contribution < 1.29 is 9.13 Å². The molecule has 1 heterocycles. The summed E-state index contributed by atoms with van der Waals surface area (Å²) in [5.74, 6) is -0.265. The molecule has 0 spiro atoms. The van der Waals surface area contributed by atoms with Crippen LogP contribution in [0.5, 0.6) is 5.75 Å². The van der Waals surface area contributed by atoms with Gasteiger partial charge in [0.05, 0.1) is 18.1 Å². The van der Waals surface area contributed by atoms with E-state index >= 15 is 0 Å². The molecular weight excluding hydrogens is 311 g/mol. The number of rotatable bonds is 2.